The zero-order valence-electron chi connectivity index (χ0n) is 11.7. The summed E-state index contributed by atoms with van der Waals surface area (Å²) >= 11 is 12.0. The summed E-state index contributed by atoms with van der Waals surface area (Å²) in [5, 5.41) is 1.23. The number of halogens is 2. The van der Waals surface area contributed by atoms with Gasteiger partial charge in [0, 0.05) is 34.5 Å². The number of hydrogen-bond acceptors (Lipinski definition) is 2. The van der Waals surface area contributed by atoms with Gasteiger partial charge in [-0.3, -0.25) is 0 Å². The van der Waals surface area contributed by atoms with E-state index in [4.69, 9.17) is 27.9 Å². The van der Waals surface area contributed by atoms with Gasteiger partial charge in [0.25, 0.3) is 0 Å². The molecule has 0 atom stereocenters. The van der Waals surface area contributed by atoms with Crippen LogP contribution in [-0.4, -0.2) is 9.55 Å². The van der Waals surface area contributed by atoms with Gasteiger partial charge >= 0.3 is 0 Å². The Kier molecular flexibility index (Phi) is 4.66. The average Bonchev–Trinajstić information content (AvgIpc) is 3.00. The molecule has 0 fully saturated rings. The number of rotatable bonds is 5. The number of benzene rings is 2. The minimum absolute atomic E-state index is 0.407. The summed E-state index contributed by atoms with van der Waals surface area (Å²) in [5.41, 5.74) is 2.06. The first-order valence-corrected chi connectivity index (χ1v) is 7.58. The third-order valence-corrected chi connectivity index (χ3v) is 3.82. The lowest BCUT2D eigenvalue weighted by molar-refractivity contribution is 0.306. The van der Waals surface area contributed by atoms with Crippen LogP contribution in [0.3, 0.4) is 0 Å². The van der Waals surface area contributed by atoms with Gasteiger partial charge in [-0.25, -0.2) is 4.98 Å². The van der Waals surface area contributed by atoms with E-state index in [-0.39, 0.29) is 0 Å². The minimum Gasteiger partial charge on any atom is -0.489 e. The Morgan fingerprint density at radius 2 is 2.00 bits per heavy atom. The molecular weight excluding hydrogens is 319 g/mol. The highest BCUT2D eigenvalue weighted by atomic mass is 35.5. The predicted molar refractivity (Wildman–Crippen MR) is 88.6 cm³/mol. The molecule has 2 aromatic carbocycles. The van der Waals surface area contributed by atoms with Crippen molar-refractivity contribution < 1.29 is 4.74 Å². The number of hydrogen-bond donors (Lipinski definition) is 0. The lowest BCUT2D eigenvalue weighted by atomic mass is 10.2. The lowest BCUT2D eigenvalue weighted by Crippen LogP contribution is -1.99. The van der Waals surface area contributed by atoms with E-state index in [1.807, 2.05) is 41.1 Å². The topological polar surface area (TPSA) is 27.1 Å². The van der Waals surface area contributed by atoms with Gasteiger partial charge in [-0.1, -0.05) is 41.4 Å². The first kappa shape index (κ1) is 14.9. The van der Waals surface area contributed by atoms with Crippen molar-refractivity contribution in [2.45, 2.75) is 13.2 Å². The fourth-order valence-electron chi connectivity index (χ4n) is 2.12. The summed E-state index contributed by atoms with van der Waals surface area (Å²) in [6.45, 7) is 1.17. The summed E-state index contributed by atoms with van der Waals surface area (Å²) in [5.74, 6) is 0.809. The molecule has 0 N–H and O–H groups in total. The first-order valence-electron chi connectivity index (χ1n) is 6.82. The SMILES string of the molecule is Clc1ccc(COc2cccc(Cn3ccnc3)c2)c(Cl)c1. The Hall–Kier alpha value is -1.97. The van der Waals surface area contributed by atoms with Crippen molar-refractivity contribution in [1.82, 2.24) is 9.55 Å². The van der Waals surface area contributed by atoms with Gasteiger partial charge in [-0.05, 0) is 29.8 Å². The summed E-state index contributed by atoms with van der Waals surface area (Å²) < 4.78 is 7.83. The van der Waals surface area contributed by atoms with Crippen LogP contribution in [0.15, 0.2) is 61.2 Å². The second-order valence-corrected chi connectivity index (χ2v) is 5.75. The molecule has 0 spiro atoms. The van der Waals surface area contributed by atoms with Crippen molar-refractivity contribution in [2.24, 2.45) is 0 Å². The van der Waals surface area contributed by atoms with Gasteiger partial charge in [-0.15, -0.1) is 0 Å². The molecular formula is C17H14Cl2N2O. The highest BCUT2D eigenvalue weighted by Crippen LogP contribution is 2.23. The molecule has 5 heteroatoms. The zero-order valence-corrected chi connectivity index (χ0v) is 13.3. The van der Waals surface area contributed by atoms with Crippen molar-refractivity contribution in [2.75, 3.05) is 0 Å². The first-order chi connectivity index (χ1) is 10.7. The van der Waals surface area contributed by atoms with Gasteiger partial charge in [0.1, 0.15) is 12.4 Å². The van der Waals surface area contributed by atoms with E-state index in [2.05, 4.69) is 11.1 Å². The van der Waals surface area contributed by atoms with Crippen molar-refractivity contribution in [3.05, 3.63) is 82.4 Å². The van der Waals surface area contributed by atoms with E-state index in [1.165, 1.54) is 0 Å². The molecule has 1 aromatic heterocycles. The molecule has 0 aliphatic rings. The zero-order chi connectivity index (χ0) is 15.4. The van der Waals surface area contributed by atoms with Gasteiger partial charge < -0.3 is 9.30 Å². The summed E-state index contributed by atoms with van der Waals surface area (Å²) in [7, 11) is 0. The molecule has 3 nitrogen and oxygen atoms in total. The van der Waals surface area contributed by atoms with Crippen LogP contribution < -0.4 is 4.74 Å². The van der Waals surface area contributed by atoms with Crippen LogP contribution in [0.25, 0.3) is 0 Å². The molecule has 1 heterocycles. The Morgan fingerprint density at radius 3 is 2.77 bits per heavy atom. The fraction of sp³-hybridized carbons (Fsp3) is 0.118. The van der Waals surface area contributed by atoms with Crippen LogP contribution in [0.4, 0.5) is 0 Å². The molecule has 0 radical (unpaired) electrons. The Morgan fingerprint density at radius 1 is 1.09 bits per heavy atom. The van der Waals surface area contributed by atoms with Crippen molar-refractivity contribution in [1.29, 1.82) is 0 Å². The van der Waals surface area contributed by atoms with Gasteiger partial charge in [-0.2, -0.15) is 0 Å². The maximum atomic E-state index is 6.15. The maximum Gasteiger partial charge on any atom is 0.120 e. The molecule has 3 aromatic rings. The normalized spacial score (nSPS) is 10.6. The third kappa shape index (κ3) is 3.81. The van der Waals surface area contributed by atoms with Crippen molar-refractivity contribution in [3.63, 3.8) is 0 Å². The molecule has 0 saturated carbocycles. The molecule has 0 aliphatic carbocycles. The second-order valence-electron chi connectivity index (χ2n) is 4.91. The summed E-state index contributed by atoms with van der Waals surface area (Å²) in [6, 6.07) is 13.4. The molecule has 0 unspecified atom stereocenters. The van der Waals surface area contributed by atoms with Crippen LogP contribution in [0.5, 0.6) is 5.75 Å². The molecule has 22 heavy (non-hydrogen) atoms. The Balaban J connectivity index is 1.67. The van der Waals surface area contributed by atoms with E-state index >= 15 is 0 Å². The summed E-state index contributed by atoms with van der Waals surface area (Å²) in [4.78, 5) is 4.04. The van der Waals surface area contributed by atoms with E-state index in [9.17, 15) is 0 Å². The number of imidazole rings is 1. The largest absolute Gasteiger partial charge is 0.489 e. The maximum absolute atomic E-state index is 6.15. The quantitative estimate of drug-likeness (QED) is 0.669. The second kappa shape index (κ2) is 6.86. The Bertz CT molecular complexity index is 757. The lowest BCUT2D eigenvalue weighted by Gasteiger charge is -2.10. The number of ether oxygens (including phenoxy) is 1. The summed E-state index contributed by atoms with van der Waals surface area (Å²) in [6.07, 6.45) is 5.49. The van der Waals surface area contributed by atoms with E-state index in [1.54, 1.807) is 18.6 Å². The highest BCUT2D eigenvalue weighted by molar-refractivity contribution is 6.35. The molecule has 0 saturated heterocycles. The Labute approximate surface area is 139 Å². The van der Waals surface area contributed by atoms with E-state index < -0.39 is 0 Å². The van der Waals surface area contributed by atoms with Crippen LogP contribution in [-0.2, 0) is 13.2 Å². The average molecular weight is 333 g/mol. The molecule has 0 bridgehead atoms. The molecule has 112 valence electrons. The van der Waals surface area contributed by atoms with Crippen molar-refractivity contribution >= 4 is 23.2 Å². The van der Waals surface area contributed by atoms with Crippen LogP contribution in [0.2, 0.25) is 10.0 Å². The van der Waals surface area contributed by atoms with Crippen molar-refractivity contribution in [3.8, 4) is 5.75 Å². The number of nitrogens with zero attached hydrogens (tertiary/aromatic N) is 2. The fourth-order valence-corrected chi connectivity index (χ4v) is 2.59. The minimum atomic E-state index is 0.407. The highest BCUT2D eigenvalue weighted by Gasteiger charge is 2.03. The van der Waals surface area contributed by atoms with Crippen LogP contribution in [0.1, 0.15) is 11.1 Å². The number of aromatic nitrogens is 2. The third-order valence-electron chi connectivity index (χ3n) is 3.23. The van der Waals surface area contributed by atoms with E-state index in [0.717, 1.165) is 23.4 Å². The van der Waals surface area contributed by atoms with Crippen LogP contribution >= 0.6 is 23.2 Å². The standard InChI is InChI=1S/C17H14Cl2N2O/c18-15-5-4-14(17(19)9-15)11-22-16-3-1-2-13(8-16)10-21-7-6-20-12-21/h1-9,12H,10-11H2. The van der Waals surface area contributed by atoms with Gasteiger partial charge in [0.2, 0.25) is 0 Å². The molecule has 0 aliphatic heterocycles. The van der Waals surface area contributed by atoms with Gasteiger partial charge in [0.15, 0.2) is 0 Å². The monoisotopic (exact) mass is 332 g/mol. The smallest absolute Gasteiger partial charge is 0.120 e. The predicted octanol–water partition coefficient (Wildman–Crippen LogP) is 4.82. The van der Waals surface area contributed by atoms with Crippen LogP contribution in [0, 0.1) is 0 Å². The molecule has 0 amide bonds. The molecule has 3 rings (SSSR count). The van der Waals surface area contributed by atoms with Gasteiger partial charge in [0.05, 0.1) is 6.33 Å². The van der Waals surface area contributed by atoms with E-state index in [0.29, 0.717) is 16.7 Å².